The number of nitriles is 1. The monoisotopic (exact) mass is 455 g/mol. The second-order valence-corrected chi connectivity index (χ2v) is 7.79. The third kappa shape index (κ3) is 3.78. The first kappa shape index (κ1) is 22.3. The molecule has 33 heavy (non-hydrogen) atoms. The standard InChI is InChI=1S/C24H20F3N3O3/c1-33-20-11-13(5-10-18(20)31)21-16(12-28)23(29)30(17-3-2-4-19(32)22(17)21)15-8-6-14(7-9-15)24(25,26)27/h5-11,21,31H,2-4,29H2,1H3. The third-order valence-electron chi connectivity index (χ3n) is 5.90. The predicted molar refractivity (Wildman–Crippen MR) is 114 cm³/mol. The summed E-state index contributed by atoms with van der Waals surface area (Å²) in [5.74, 6) is -0.812. The van der Waals surface area contributed by atoms with Gasteiger partial charge in [0, 0.05) is 23.4 Å². The van der Waals surface area contributed by atoms with E-state index in [1.807, 2.05) is 0 Å². The summed E-state index contributed by atoms with van der Waals surface area (Å²) in [4.78, 5) is 14.6. The van der Waals surface area contributed by atoms with E-state index in [-0.39, 0.29) is 35.1 Å². The topological polar surface area (TPSA) is 99.6 Å². The summed E-state index contributed by atoms with van der Waals surface area (Å²) in [6.07, 6.45) is -3.19. The van der Waals surface area contributed by atoms with Gasteiger partial charge in [0.05, 0.1) is 30.2 Å². The van der Waals surface area contributed by atoms with Crippen LogP contribution in [0.2, 0.25) is 0 Å². The minimum absolute atomic E-state index is 0.0442. The van der Waals surface area contributed by atoms with Crippen molar-refractivity contribution in [2.45, 2.75) is 31.4 Å². The van der Waals surface area contributed by atoms with Crippen molar-refractivity contribution in [3.05, 3.63) is 76.3 Å². The lowest BCUT2D eigenvalue weighted by Gasteiger charge is -2.39. The fraction of sp³-hybridized carbons (Fsp3) is 0.250. The van der Waals surface area contributed by atoms with Gasteiger partial charge in [0.25, 0.3) is 0 Å². The van der Waals surface area contributed by atoms with Crippen molar-refractivity contribution < 1.29 is 27.8 Å². The summed E-state index contributed by atoms with van der Waals surface area (Å²) >= 11 is 0. The predicted octanol–water partition coefficient (Wildman–Crippen LogP) is 4.72. The molecular weight excluding hydrogens is 435 g/mol. The Hall–Kier alpha value is -3.93. The molecule has 1 aliphatic heterocycles. The van der Waals surface area contributed by atoms with Crippen molar-refractivity contribution in [2.24, 2.45) is 5.73 Å². The first-order chi connectivity index (χ1) is 15.7. The molecule has 3 N–H and O–H groups in total. The van der Waals surface area contributed by atoms with Crippen LogP contribution >= 0.6 is 0 Å². The van der Waals surface area contributed by atoms with Gasteiger partial charge in [-0.25, -0.2) is 0 Å². The van der Waals surface area contributed by atoms with Gasteiger partial charge in [0.1, 0.15) is 5.82 Å². The molecule has 0 amide bonds. The number of anilines is 1. The van der Waals surface area contributed by atoms with Crippen molar-refractivity contribution in [3.63, 3.8) is 0 Å². The Morgan fingerprint density at radius 1 is 1.18 bits per heavy atom. The SMILES string of the molecule is COc1cc(C2C(C#N)=C(N)N(c3ccc(C(F)(F)F)cc3)C3=C2C(=O)CCC3)ccc1O. The minimum Gasteiger partial charge on any atom is -0.504 e. The van der Waals surface area contributed by atoms with Crippen molar-refractivity contribution in [1.29, 1.82) is 5.26 Å². The minimum atomic E-state index is -4.49. The zero-order chi connectivity index (χ0) is 23.9. The molecule has 170 valence electrons. The van der Waals surface area contributed by atoms with Crippen LogP contribution in [-0.2, 0) is 11.0 Å². The number of ether oxygens (including phenoxy) is 1. The van der Waals surface area contributed by atoms with Gasteiger partial charge in [-0.1, -0.05) is 6.07 Å². The van der Waals surface area contributed by atoms with E-state index in [2.05, 4.69) is 6.07 Å². The number of halogens is 3. The highest BCUT2D eigenvalue weighted by Gasteiger charge is 2.40. The molecule has 1 aliphatic carbocycles. The average Bonchev–Trinajstić information content (AvgIpc) is 2.78. The van der Waals surface area contributed by atoms with E-state index >= 15 is 0 Å². The molecule has 1 unspecified atom stereocenters. The van der Waals surface area contributed by atoms with Crippen molar-refractivity contribution in [1.82, 2.24) is 0 Å². The van der Waals surface area contributed by atoms with Crippen LogP contribution in [0.1, 0.15) is 36.3 Å². The van der Waals surface area contributed by atoms with Gasteiger partial charge >= 0.3 is 6.18 Å². The van der Waals surface area contributed by atoms with E-state index in [4.69, 9.17) is 10.5 Å². The van der Waals surface area contributed by atoms with Crippen LogP contribution in [0.3, 0.4) is 0 Å². The number of ketones is 1. The highest BCUT2D eigenvalue weighted by Crippen LogP contribution is 2.47. The Balaban J connectivity index is 1.91. The lowest BCUT2D eigenvalue weighted by molar-refractivity contribution is -0.137. The summed E-state index contributed by atoms with van der Waals surface area (Å²) in [5.41, 5.74) is 7.49. The van der Waals surface area contributed by atoms with Crippen LogP contribution in [0, 0.1) is 11.3 Å². The lowest BCUT2D eigenvalue weighted by atomic mass is 9.75. The number of Topliss-reactive ketones (excluding diaryl/α,β-unsaturated/α-hetero) is 1. The van der Waals surface area contributed by atoms with Gasteiger partial charge in [0.15, 0.2) is 17.3 Å². The van der Waals surface area contributed by atoms with Crippen LogP contribution in [0.15, 0.2) is 65.1 Å². The number of benzene rings is 2. The number of nitrogens with zero attached hydrogens (tertiary/aromatic N) is 2. The number of phenolic OH excluding ortho intramolecular Hbond substituents is 1. The highest BCUT2D eigenvalue weighted by molar-refractivity contribution is 6.01. The van der Waals surface area contributed by atoms with Gasteiger partial charge in [-0.15, -0.1) is 0 Å². The maximum atomic E-state index is 13.1. The summed E-state index contributed by atoms with van der Waals surface area (Å²) in [6.45, 7) is 0. The molecule has 0 saturated heterocycles. The second-order valence-electron chi connectivity index (χ2n) is 7.79. The first-order valence-corrected chi connectivity index (χ1v) is 10.2. The number of hydrogen-bond donors (Lipinski definition) is 2. The number of nitrogens with two attached hydrogens (primary N) is 1. The van der Waals surface area contributed by atoms with Crippen molar-refractivity contribution in [3.8, 4) is 17.6 Å². The fourth-order valence-electron chi connectivity index (χ4n) is 4.39. The molecule has 6 nitrogen and oxygen atoms in total. The maximum absolute atomic E-state index is 13.1. The third-order valence-corrected chi connectivity index (χ3v) is 5.90. The molecule has 0 saturated carbocycles. The number of hydrogen-bond acceptors (Lipinski definition) is 6. The van der Waals surface area contributed by atoms with Crippen LogP contribution in [-0.4, -0.2) is 18.0 Å². The van der Waals surface area contributed by atoms with Crippen LogP contribution in [0.4, 0.5) is 18.9 Å². The molecule has 0 fully saturated rings. The number of carbonyl (C=O) groups is 1. The fourth-order valence-corrected chi connectivity index (χ4v) is 4.39. The highest BCUT2D eigenvalue weighted by atomic mass is 19.4. The van der Waals surface area contributed by atoms with Gasteiger partial charge in [-0.2, -0.15) is 18.4 Å². The van der Waals surface area contributed by atoms with Gasteiger partial charge < -0.3 is 15.6 Å². The lowest BCUT2D eigenvalue weighted by Crippen LogP contribution is -2.38. The second kappa shape index (κ2) is 8.20. The van der Waals surface area contributed by atoms with E-state index in [1.165, 1.54) is 30.2 Å². The molecular formula is C24H20F3N3O3. The molecule has 0 spiro atoms. The molecule has 1 atom stereocenters. The number of carbonyl (C=O) groups excluding carboxylic acids is 1. The molecule has 0 aromatic heterocycles. The zero-order valence-electron chi connectivity index (χ0n) is 17.6. The smallest absolute Gasteiger partial charge is 0.416 e. The Morgan fingerprint density at radius 3 is 2.48 bits per heavy atom. The summed E-state index contributed by atoms with van der Waals surface area (Å²) in [7, 11) is 1.39. The number of aromatic hydroxyl groups is 1. The van der Waals surface area contributed by atoms with E-state index in [0.717, 1.165) is 12.1 Å². The van der Waals surface area contributed by atoms with Gasteiger partial charge in [-0.3, -0.25) is 9.69 Å². The Bertz CT molecular complexity index is 1220. The molecule has 0 radical (unpaired) electrons. The molecule has 2 aromatic carbocycles. The van der Waals surface area contributed by atoms with Crippen molar-refractivity contribution in [2.75, 3.05) is 12.0 Å². The Labute approximate surface area is 188 Å². The number of allylic oxidation sites excluding steroid dienone is 3. The van der Waals surface area contributed by atoms with E-state index < -0.39 is 17.7 Å². The van der Waals surface area contributed by atoms with Gasteiger partial charge in [-0.05, 0) is 54.8 Å². The van der Waals surface area contributed by atoms with E-state index in [0.29, 0.717) is 35.4 Å². The number of methoxy groups -OCH3 is 1. The zero-order valence-corrected chi connectivity index (χ0v) is 17.6. The number of alkyl halides is 3. The Morgan fingerprint density at radius 2 is 1.88 bits per heavy atom. The van der Waals surface area contributed by atoms with Crippen LogP contribution in [0.25, 0.3) is 0 Å². The van der Waals surface area contributed by atoms with E-state index in [9.17, 15) is 28.3 Å². The molecule has 0 bridgehead atoms. The summed E-state index contributed by atoms with van der Waals surface area (Å²) in [5, 5.41) is 20.0. The largest absolute Gasteiger partial charge is 0.504 e. The molecule has 4 rings (SSSR count). The number of rotatable bonds is 3. The molecule has 2 aromatic rings. The van der Waals surface area contributed by atoms with E-state index in [1.54, 1.807) is 12.1 Å². The van der Waals surface area contributed by atoms with Crippen molar-refractivity contribution >= 4 is 11.5 Å². The normalized spacial score (nSPS) is 18.8. The average molecular weight is 455 g/mol. The van der Waals surface area contributed by atoms with Crippen LogP contribution in [0.5, 0.6) is 11.5 Å². The van der Waals surface area contributed by atoms with Gasteiger partial charge in [0.2, 0.25) is 0 Å². The summed E-state index contributed by atoms with van der Waals surface area (Å²) in [6, 6.07) is 11.1. The Kier molecular flexibility index (Phi) is 5.54. The maximum Gasteiger partial charge on any atom is 0.416 e. The molecule has 1 heterocycles. The quantitative estimate of drug-likeness (QED) is 0.695. The molecule has 9 heteroatoms. The summed E-state index contributed by atoms with van der Waals surface area (Å²) < 4.78 is 44.3. The van der Waals surface area contributed by atoms with Crippen LogP contribution < -0.4 is 15.4 Å². The number of phenols is 1. The first-order valence-electron chi connectivity index (χ1n) is 10.2. The molecule has 2 aliphatic rings.